The molecule has 1 aromatic rings. The van der Waals surface area contributed by atoms with Gasteiger partial charge in [-0.3, -0.25) is 13.8 Å². The molecule has 2 N–H and O–H groups in total. The van der Waals surface area contributed by atoms with Crippen molar-refractivity contribution in [3.63, 3.8) is 0 Å². The van der Waals surface area contributed by atoms with Crippen LogP contribution < -0.4 is 9.88 Å². The predicted octanol–water partition coefficient (Wildman–Crippen LogP) is 6.83. The van der Waals surface area contributed by atoms with Gasteiger partial charge in [0.15, 0.2) is 11.8 Å². The molecule has 0 radical (unpaired) electrons. The first-order valence-electron chi connectivity index (χ1n) is 15.6. The van der Waals surface area contributed by atoms with E-state index in [2.05, 4.69) is 24.4 Å². The third-order valence-corrected chi connectivity index (χ3v) is 8.95. The molecule has 1 saturated heterocycles. The van der Waals surface area contributed by atoms with Crippen molar-refractivity contribution in [2.24, 2.45) is 0 Å². The minimum Gasteiger partial charge on any atom is -0.446 e. The fraction of sp³-hybridized carbons (Fsp3) is 0.767. The molecule has 0 aliphatic carbocycles. The number of phosphoric acid groups is 1. The third-order valence-electron chi connectivity index (χ3n) is 7.27. The van der Waals surface area contributed by atoms with Gasteiger partial charge in [0.2, 0.25) is 11.3 Å². The molecule has 0 aromatic carbocycles. The molecule has 1 aliphatic rings. The fourth-order valence-electron chi connectivity index (χ4n) is 4.97. The molecule has 2 heterocycles. The molecule has 3 unspecified atom stereocenters. The minimum absolute atomic E-state index is 0.0289. The van der Waals surface area contributed by atoms with Crippen molar-refractivity contribution in [3.8, 4) is 0 Å². The summed E-state index contributed by atoms with van der Waals surface area (Å²) in [6.45, 7) is 3.22. The Morgan fingerprint density at radius 2 is 1.69 bits per heavy atom. The van der Waals surface area contributed by atoms with E-state index in [9.17, 15) is 19.0 Å². The second kappa shape index (κ2) is 21.1. The van der Waals surface area contributed by atoms with E-state index in [4.69, 9.17) is 18.5 Å². The summed E-state index contributed by atoms with van der Waals surface area (Å²) in [6, 6.07) is -0.881. The number of amides is 1. The summed E-state index contributed by atoms with van der Waals surface area (Å²) < 4.78 is 34.9. The van der Waals surface area contributed by atoms with E-state index in [-0.39, 0.29) is 25.6 Å². The van der Waals surface area contributed by atoms with Crippen LogP contribution in [0.3, 0.4) is 0 Å². The van der Waals surface area contributed by atoms with Crippen molar-refractivity contribution in [3.05, 3.63) is 29.2 Å². The maximum absolute atomic E-state index is 12.7. The smallest absolute Gasteiger partial charge is 0.446 e. The highest BCUT2D eigenvalue weighted by Gasteiger charge is 2.58. The molecule has 240 valence electrons. The highest BCUT2D eigenvalue weighted by atomic mass is 32.1. The zero-order valence-corrected chi connectivity index (χ0v) is 27.2. The fourth-order valence-corrected chi connectivity index (χ4v) is 6.37. The van der Waals surface area contributed by atoms with E-state index in [1.807, 2.05) is 0 Å². The lowest BCUT2D eigenvalue weighted by Gasteiger charge is -2.29. The molecule has 0 spiro atoms. The summed E-state index contributed by atoms with van der Waals surface area (Å²) in [5.41, 5.74) is 0.250. The highest BCUT2D eigenvalue weighted by molar-refractivity contribution is 7.47. The van der Waals surface area contributed by atoms with Crippen LogP contribution in [0.25, 0.3) is 0 Å². The van der Waals surface area contributed by atoms with Crippen LogP contribution in [0.2, 0.25) is 0 Å². The monoisotopic (exact) mass is 631 g/mol. The molecule has 1 aliphatic heterocycles. The number of phosphoric ester groups is 1. The van der Waals surface area contributed by atoms with E-state index in [0.29, 0.717) is 6.54 Å². The number of hydrogen-bond acceptors (Lipinski definition) is 8. The predicted molar refractivity (Wildman–Crippen MR) is 163 cm³/mol. The Kier molecular flexibility index (Phi) is 18.4. The topological polar surface area (TPSA) is 124 Å². The first-order chi connectivity index (χ1) is 20.3. The number of aromatic nitrogens is 1. The van der Waals surface area contributed by atoms with Gasteiger partial charge in [-0.05, 0) is 39.0 Å². The summed E-state index contributed by atoms with van der Waals surface area (Å²) in [6.07, 6.45) is 22.7. The number of unbranched alkanes of at least 4 members (excludes halogenated alkanes) is 12. The maximum Gasteiger partial charge on any atom is 0.472 e. The summed E-state index contributed by atoms with van der Waals surface area (Å²) in [5, 5.41) is 4.53. The quantitative estimate of drug-likeness (QED) is 0.0551. The van der Waals surface area contributed by atoms with Gasteiger partial charge in [-0.1, -0.05) is 88.2 Å². The second-order valence-electron chi connectivity index (χ2n) is 10.8. The number of allylic oxidation sites excluding steroid dienone is 2. The van der Waals surface area contributed by atoms with Crippen molar-refractivity contribution in [1.29, 1.82) is 0 Å². The van der Waals surface area contributed by atoms with Gasteiger partial charge in [0, 0.05) is 6.54 Å². The lowest BCUT2D eigenvalue weighted by atomic mass is 9.95. The molecule has 1 amide bonds. The van der Waals surface area contributed by atoms with Gasteiger partial charge < -0.3 is 19.7 Å². The molecule has 2 rings (SSSR count). The standard InChI is InChI=1S/C30H51N2O8PS/c1-3-5-6-7-8-9-10-11-12-13-14-15-16-17-18-19-20-31-29(34)37-24-30(25-40-41(35,36)39-4-2)28(27(33)23-38-30)32-21-22-42-26-32/h11-12,21-22,26,28H,3-10,13-20,23-25H2,1-2H3,(H-,31,34,35,36)/p+1. The van der Waals surface area contributed by atoms with E-state index < -0.39 is 32.2 Å². The minimum atomic E-state index is -4.36. The first-order valence-corrected chi connectivity index (χ1v) is 18.0. The number of ketones is 1. The molecule has 0 saturated carbocycles. The van der Waals surface area contributed by atoms with E-state index in [0.717, 1.165) is 25.7 Å². The van der Waals surface area contributed by atoms with E-state index in [1.165, 1.54) is 75.5 Å². The number of Topliss-reactive ketones (excluding diaryl/α,β-unsaturated/α-hetero) is 1. The summed E-state index contributed by atoms with van der Waals surface area (Å²) >= 11 is 1.38. The third kappa shape index (κ3) is 14.2. The molecule has 42 heavy (non-hydrogen) atoms. The Bertz CT molecular complexity index is 961. The number of rotatable bonds is 24. The van der Waals surface area contributed by atoms with Crippen LogP contribution in [-0.2, 0) is 27.9 Å². The van der Waals surface area contributed by atoms with Gasteiger partial charge in [0.1, 0.15) is 13.2 Å². The Balaban J connectivity index is 1.62. The van der Waals surface area contributed by atoms with Crippen molar-refractivity contribution < 1.29 is 42.1 Å². The molecule has 3 atom stereocenters. The normalized spacial score (nSPS) is 20.3. The van der Waals surface area contributed by atoms with Crippen molar-refractivity contribution in [2.75, 3.05) is 33.0 Å². The Morgan fingerprint density at radius 3 is 2.31 bits per heavy atom. The Morgan fingerprint density at radius 1 is 1.05 bits per heavy atom. The van der Waals surface area contributed by atoms with Crippen molar-refractivity contribution >= 4 is 31.0 Å². The number of carbonyl (C=O) groups excluding carboxylic acids is 2. The number of thiazole rings is 1. The van der Waals surface area contributed by atoms with Crippen LogP contribution in [0.15, 0.2) is 29.2 Å². The summed E-state index contributed by atoms with van der Waals surface area (Å²) in [4.78, 5) is 35.0. The van der Waals surface area contributed by atoms with Gasteiger partial charge in [-0.15, -0.1) is 0 Å². The van der Waals surface area contributed by atoms with Crippen LogP contribution in [-0.4, -0.2) is 55.3 Å². The number of nitrogens with zero attached hydrogens (tertiary/aromatic N) is 1. The SMILES string of the molecule is CCCCCCCCC=CCCCCCCCCNC(=O)OCC1(COP(=O)(O)OCC)OCC(=O)C1[n+]1ccsc1. The zero-order chi connectivity index (χ0) is 30.5. The van der Waals surface area contributed by atoms with E-state index >= 15 is 0 Å². The second-order valence-corrected chi connectivity index (χ2v) is 13.0. The number of hydrogen-bond donors (Lipinski definition) is 2. The van der Waals surface area contributed by atoms with E-state index in [1.54, 1.807) is 28.6 Å². The van der Waals surface area contributed by atoms with Crippen LogP contribution >= 0.6 is 19.2 Å². The lowest BCUT2D eigenvalue weighted by Crippen LogP contribution is -2.57. The van der Waals surface area contributed by atoms with Gasteiger partial charge in [0.05, 0.1) is 18.6 Å². The molecule has 1 aromatic heterocycles. The lowest BCUT2D eigenvalue weighted by molar-refractivity contribution is -0.715. The number of carbonyl (C=O) groups is 2. The zero-order valence-electron chi connectivity index (χ0n) is 25.5. The van der Waals surface area contributed by atoms with Gasteiger partial charge >= 0.3 is 13.9 Å². The molecular weight excluding hydrogens is 579 g/mol. The molecular formula is C30H52N2O8PS+. The van der Waals surface area contributed by atoms with Gasteiger partial charge in [0.25, 0.3) is 6.04 Å². The molecule has 12 heteroatoms. The first kappa shape index (κ1) is 36.6. The van der Waals surface area contributed by atoms with Gasteiger partial charge in [-0.2, -0.15) is 4.57 Å². The van der Waals surface area contributed by atoms with Crippen LogP contribution in [0.4, 0.5) is 4.79 Å². The number of ether oxygens (including phenoxy) is 2. The van der Waals surface area contributed by atoms with Crippen LogP contribution in [0.5, 0.6) is 0 Å². The maximum atomic E-state index is 12.7. The molecule has 0 bridgehead atoms. The molecule has 1 fully saturated rings. The Labute approximate surface area is 255 Å². The van der Waals surface area contributed by atoms with Crippen molar-refractivity contribution in [2.45, 2.75) is 115 Å². The largest absolute Gasteiger partial charge is 0.472 e. The molecule has 10 nitrogen and oxygen atoms in total. The van der Waals surface area contributed by atoms with Gasteiger partial charge in [-0.25, -0.2) is 9.36 Å². The van der Waals surface area contributed by atoms with Crippen LogP contribution in [0, 0.1) is 0 Å². The summed E-state index contributed by atoms with van der Waals surface area (Å²) in [7, 11) is -4.36. The van der Waals surface area contributed by atoms with Crippen LogP contribution in [0.1, 0.15) is 110 Å². The summed E-state index contributed by atoms with van der Waals surface area (Å²) in [5.74, 6) is -0.251. The number of alkyl carbamates (subject to hydrolysis) is 1. The number of nitrogens with one attached hydrogen (secondary N) is 1. The Hall–Kier alpha value is -1.62. The average Bonchev–Trinajstić information content (AvgIpc) is 3.60. The average molecular weight is 632 g/mol. The van der Waals surface area contributed by atoms with Crippen molar-refractivity contribution in [1.82, 2.24) is 5.32 Å². The highest BCUT2D eigenvalue weighted by Crippen LogP contribution is 2.45.